The average Bonchev–Trinajstić information content (AvgIpc) is 3.13. The zero-order chi connectivity index (χ0) is 24.2. The van der Waals surface area contributed by atoms with Gasteiger partial charge in [0, 0.05) is 42.9 Å². The van der Waals surface area contributed by atoms with Crippen LogP contribution in [0.1, 0.15) is 57.7 Å². The topological polar surface area (TPSA) is 82.2 Å². The van der Waals surface area contributed by atoms with E-state index in [1.807, 2.05) is 53.8 Å². The number of nitriles is 1. The molecule has 0 bridgehead atoms. The molecule has 1 aliphatic rings. The molecule has 3 aromatic rings. The Morgan fingerprint density at radius 2 is 1.97 bits per heavy atom. The number of nitrogens with zero attached hydrogens (tertiary/aromatic N) is 4. The summed E-state index contributed by atoms with van der Waals surface area (Å²) in [7, 11) is 0. The second kappa shape index (κ2) is 10.4. The molecule has 1 amide bonds. The van der Waals surface area contributed by atoms with Crippen LogP contribution in [0.2, 0.25) is 5.02 Å². The minimum absolute atomic E-state index is 0.0701. The lowest BCUT2D eigenvalue weighted by Gasteiger charge is -2.32. The number of rotatable bonds is 6. The number of aryl methyl sites for hydroxylation is 1. The first-order chi connectivity index (χ1) is 16.4. The highest BCUT2D eigenvalue weighted by Gasteiger charge is 2.23. The number of piperidine rings is 1. The Labute approximate surface area is 205 Å². The Balaban J connectivity index is 1.52. The zero-order valence-corrected chi connectivity index (χ0v) is 20.3. The van der Waals surface area contributed by atoms with Crippen LogP contribution in [-0.4, -0.2) is 45.4 Å². The van der Waals surface area contributed by atoms with Gasteiger partial charge in [-0.05, 0) is 74.9 Å². The lowest BCUT2D eigenvalue weighted by Crippen LogP contribution is -2.38. The Hall–Kier alpha value is -3.14. The molecule has 1 N–H and O–H groups in total. The minimum atomic E-state index is 0.0701. The number of hydrogen-bond donors (Lipinski definition) is 1. The zero-order valence-electron chi connectivity index (χ0n) is 19.6. The lowest BCUT2D eigenvalue weighted by molar-refractivity contribution is 0.0678. The van der Waals surface area contributed by atoms with Crippen molar-refractivity contribution >= 4 is 17.5 Å². The maximum absolute atomic E-state index is 13.1. The first-order valence-electron chi connectivity index (χ1n) is 11.7. The summed E-state index contributed by atoms with van der Waals surface area (Å²) in [5.41, 5.74) is 6.04. The van der Waals surface area contributed by atoms with Crippen LogP contribution >= 0.6 is 11.6 Å². The number of carbonyl (C=O) groups is 1. The molecule has 176 valence electrons. The fourth-order valence-corrected chi connectivity index (χ4v) is 4.93. The molecular formula is C27H29ClN4O2. The summed E-state index contributed by atoms with van der Waals surface area (Å²) in [5, 5.41) is 23.4. The molecule has 6 nitrogen and oxygen atoms in total. The third kappa shape index (κ3) is 5.01. The Bertz CT molecular complexity index is 1240. The third-order valence-corrected chi connectivity index (χ3v) is 7.07. The predicted molar refractivity (Wildman–Crippen MR) is 132 cm³/mol. The van der Waals surface area contributed by atoms with E-state index >= 15 is 0 Å². The van der Waals surface area contributed by atoms with Gasteiger partial charge in [-0.2, -0.15) is 10.4 Å². The van der Waals surface area contributed by atoms with Gasteiger partial charge in [0.15, 0.2) is 0 Å². The summed E-state index contributed by atoms with van der Waals surface area (Å²) in [4.78, 5) is 15.0. The van der Waals surface area contributed by atoms with Gasteiger partial charge in [-0.1, -0.05) is 23.7 Å². The molecule has 4 rings (SSSR count). The van der Waals surface area contributed by atoms with Gasteiger partial charge in [0.25, 0.3) is 5.91 Å². The summed E-state index contributed by atoms with van der Waals surface area (Å²) in [6, 6.07) is 15.2. The number of hydrogen-bond acceptors (Lipinski definition) is 4. The molecule has 2 aromatic carbocycles. The molecule has 1 saturated heterocycles. The number of carbonyl (C=O) groups excluding carboxylic acids is 1. The van der Waals surface area contributed by atoms with Gasteiger partial charge < -0.3 is 10.0 Å². The molecule has 1 aliphatic heterocycles. The van der Waals surface area contributed by atoms with Crippen LogP contribution in [0.3, 0.4) is 0 Å². The predicted octanol–water partition coefficient (Wildman–Crippen LogP) is 4.84. The van der Waals surface area contributed by atoms with Crippen molar-refractivity contribution in [1.29, 1.82) is 5.26 Å². The van der Waals surface area contributed by atoms with Crippen LogP contribution in [0.25, 0.3) is 5.69 Å². The first kappa shape index (κ1) is 24.0. The highest BCUT2D eigenvalue weighted by Crippen LogP contribution is 2.26. The minimum Gasteiger partial charge on any atom is -0.396 e. The van der Waals surface area contributed by atoms with Crippen molar-refractivity contribution in [3.63, 3.8) is 0 Å². The molecule has 0 aliphatic carbocycles. The van der Waals surface area contributed by atoms with Crippen LogP contribution in [0.15, 0.2) is 42.5 Å². The number of halogens is 1. The van der Waals surface area contributed by atoms with E-state index < -0.39 is 0 Å². The Kier molecular flexibility index (Phi) is 7.35. The molecule has 0 atom stereocenters. The normalized spacial score (nSPS) is 14.3. The van der Waals surface area contributed by atoms with E-state index in [-0.39, 0.29) is 12.5 Å². The van der Waals surface area contributed by atoms with E-state index in [2.05, 4.69) is 6.07 Å². The molecular weight excluding hydrogens is 448 g/mol. The number of benzene rings is 2. The van der Waals surface area contributed by atoms with E-state index in [9.17, 15) is 4.79 Å². The highest BCUT2D eigenvalue weighted by atomic mass is 35.5. The maximum Gasteiger partial charge on any atom is 0.253 e. The van der Waals surface area contributed by atoms with Crippen LogP contribution in [-0.2, 0) is 6.42 Å². The summed E-state index contributed by atoms with van der Waals surface area (Å²) in [6.07, 6.45) is 3.38. The third-order valence-electron chi connectivity index (χ3n) is 6.75. The van der Waals surface area contributed by atoms with Crippen molar-refractivity contribution in [1.82, 2.24) is 14.7 Å². The smallest absolute Gasteiger partial charge is 0.253 e. The van der Waals surface area contributed by atoms with Crippen molar-refractivity contribution in [3.8, 4) is 11.8 Å². The number of likely N-dealkylation sites (tertiary alicyclic amines) is 1. The number of aliphatic hydroxyl groups is 1. The van der Waals surface area contributed by atoms with Gasteiger partial charge in [0.2, 0.25) is 0 Å². The molecule has 0 spiro atoms. The highest BCUT2D eigenvalue weighted by molar-refractivity contribution is 6.31. The quantitative estimate of drug-likeness (QED) is 0.551. The van der Waals surface area contributed by atoms with E-state index in [0.717, 1.165) is 60.6 Å². The van der Waals surface area contributed by atoms with E-state index in [0.29, 0.717) is 28.5 Å². The van der Waals surface area contributed by atoms with Crippen LogP contribution in [0, 0.1) is 31.1 Å². The number of aromatic nitrogens is 2. The lowest BCUT2D eigenvalue weighted by atomic mass is 9.93. The van der Waals surface area contributed by atoms with Crippen LogP contribution < -0.4 is 0 Å². The summed E-state index contributed by atoms with van der Waals surface area (Å²) in [6.45, 7) is 5.70. The van der Waals surface area contributed by atoms with E-state index in [4.69, 9.17) is 27.1 Å². The fourth-order valence-electron chi connectivity index (χ4n) is 4.72. The maximum atomic E-state index is 13.1. The second-order valence-corrected chi connectivity index (χ2v) is 9.37. The largest absolute Gasteiger partial charge is 0.396 e. The van der Waals surface area contributed by atoms with Crippen LogP contribution in [0.5, 0.6) is 0 Å². The molecule has 1 fully saturated rings. The average molecular weight is 477 g/mol. The molecule has 0 saturated carbocycles. The van der Waals surface area contributed by atoms with Gasteiger partial charge in [-0.25, -0.2) is 4.68 Å². The molecule has 7 heteroatoms. The second-order valence-electron chi connectivity index (χ2n) is 8.96. The van der Waals surface area contributed by atoms with Crippen molar-refractivity contribution in [2.75, 3.05) is 19.7 Å². The van der Waals surface area contributed by atoms with Crippen LogP contribution in [0.4, 0.5) is 0 Å². The van der Waals surface area contributed by atoms with E-state index in [1.54, 1.807) is 12.1 Å². The molecule has 0 unspecified atom stereocenters. The van der Waals surface area contributed by atoms with Crippen molar-refractivity contribution in [2.24, 2.45) is 5.92 Å². The number of amides is 1. The monoisotopic (exact) mass is 476 g/mol. The van der Waals surface area contributed by atoms with Crippen molar-refractivity contribution < 1.29 is 9.90 Å². The summed E-state index contributed by atoms with van der Waals surface area (Å²) in [5.74, 6) is 0.578. The summed E-state index contributed by atoms with van der Waals surface area (Å²) >= 11 is 6.23. The van der Waals surface area contributed by atoms with E-state index in [1.165, 1.54) is 0 Å². The molecule has 0 radical (unpaired) electrons. The fraction of sp³-hybridized carbons (Fsp3) is 0.370. The van der Waals surface area contributed by atoms with Crippen molar-refractivity contribution in [3.05, 3.63) is 81.1 Å². The summed E-state index contributed by atoms with van der Waals surface area (Å²) < 4.78 is 1.85. The van der Waals surface area contributed by atoms with Crippen molar-refractivity contribution in [2.45, 2.75) is 39.5 Å². The molecule has 1 aromatic heterocycles. The molecule has 2 heterocycles. The first-order valence-corrected chi connectivity index (χ1v) is 12.0. The Morgan fingerprint density at radius 1 is 1.21 bits per heavy atom. The number of aliphatic hydroxyl groups excluding tert-OH is 1. The Morgan fingerprint density at radius 3 is 2.65 bits per heavy atom. The standard InChI is InChI=1S/C27H29ClN4O2/c1-18-25(19(2)32(30-18)24-7-6-23(17-29)26(28)16-24)15-21-4-3-5-22(14-21)27(34)31-11-8-20(9-12-31)10-13-33/h3-7,14,16,20,33H,8-13,15H2,1-2H3. The van der Waals surface area contributed by atoms with Gasteiger partial charge in [-0.3, -0.25) is 4.79 Å². The van der Waals surface area contributed by atoms with Gasteiger partial charge in [-0.15, -0.1) is 0 Å². The molecule has 34 heavy (non-hydrogen) atoms. The van der Waals surface area contributed by atoms with Gasteiger partial charge >= 0.3 is 0 Å². The van der Waals surface area contributed by atoms with Gasteiger partial charge in [0.1, 0.15) is 6.07 Å². The van der Waals surface area contributed by atoms with Gasteiger partial charge in [0.05, 0.1) is 22.0 Å². The SMILES string of the molecule is Cc1nn(-c2ccc(C#N)c(Cl)c2)c(C)c1Cc1cccc(C(=O)N2CCC(CCO)CC2)c1.